The Morgan fingerprint density at radius 2 is 1.72 bits per heavy atom. The molecule has 2 amide bonds. The van der Waals surface area contributed by atoms with Gasteiger partial charge < -0.3 is 10.6 Å². The van der Waals surface area contributed by atoms with Crippen molar-refractivity contribution in [2.24, 2.45) is 0 Å². The Morgan fingerprint density at radius 3 is 2.41 bits per heavy atom. The highest BCUT2D eigenvalue weighted by atomic mass is 35.5. The third kappa shape index (κ3) is 5.06. The number of hydrogen-bond acceptors (Lipinski definition) is 4. The minimum Gasteiger partial charge on any atom is -0.323 e. The summed E-state index contributed by atoms with van der Waals surface area (Å²) in [5.41, 5.74) is 2.48. The number of hydrogen-bond donors (Lipinski definition) is 2. The zero-order chi connectivity index (χ0) is 21.1. The van der Waals surface area contributed by atoms with Gasteiger partial charge in [0.25, 0.3) is 5.91 Å². The largest absolute Gasteiger partial charge is 0.323 e. The summed E-state index contributed by atoms with van der Waals surface area (Å²) < 4.78 is 1.33. The summed E-state index contributed by atoms with van der Waals surface area (Å²) in [6.45, 7) is 3.43. The van der Waals surface area contributed by atoms with Crippen molar-refractivity contribution in [2.45, 2.75) is 20.4 Å². The predicted molar refractivity (Wildman–Crippen MR) is 114 cm³/mol. The molecule has 0 aliphatic carbocycles. The van der Waals surface area contributed by atoms with E-state index in [4.69, 9.17) is 34.8 Å². The van der Waals surface area contributed by atoms with E-state index < -0.39 is 5.91 Å². The maximum Gasteiger partial charge on any atom is 0.278 e. The first-order valence-electron chi connectivity index (χ1n) is 8.47. The molecule has 3 aromatic rings. The summed E-state index contributed by atoms with van der Waals surface area (Å²) in [5, 5.41) is 14.3. The monoisotopic (exact) mass is 451 g/mol. The smallest absolute Gasteiger partial charge is 0.278 e. The van der Waals surface area contributed by atoms with Gasteiger partial charge in [-0.2, -0.15) is 0 Å². The lowest BCUT2D eigenvalue weighted by molar-refractivity contribution is -0.117. The quantitative estimate of drug-likeness (QED) is 0.585. The molecule has 2 aromatic carbocycles. The molecule has 10 heteroatoms. The lowest BCUT2D eigenvalue weighted by atomic mass is 10.2. The third-order valence-electron chi connectivity index (χ3n) is 4.07. The van der Waals surface area contributed by atoms with E-state index in [1.807, 2.05) is 13.0 Å². The number of carbonyl (C=O) groups is 2. The van der Waals surface area contributed by atoms with Crippen LogP contribution in [0.15, 0.2) is 36.4 Å². The molecular weight excluding hydrogens is 437 g/mol. The number of halogens is 3. The molecule has 1 aromatic heterocycles. The van der Waals surface area contributed by atoms with Crippen LogP contribution in [0.4, 0.5) is 11.4 Å². The number of carbonyl (C=O) groups excluding carboxylic acids is 2. The van der Waals surface area contributed by atoms with E-state index in [2.05, 4.69) is 20.9 Å². The number of rotatable bonds is 5. The maximum atomic E-state index is 12.5. The number of anilines is 2. The Hall–Kier alpha value is -2.61. The van der Waals surface area contributed by atoms with E-state index in [9.17, 15) is 9.59 Å². The van der Waals surface area contributed by atoms with Crippen molar-refractivity contribution in [3.8, 4) is 0 Å². The van der Waals surface area contributed by atoms with Gasteiger partial charge in [0.1, 0.15) is 6.54 Å². The molecule has 0 saturated heterocycles. The molecule has 0 aliphatic rings. The molecule has 0 radical (unpaired) electrons. The van der Waals surface area contributed by atoms with Crippen LogP contribution in [0, 0.1) is 13.8 Å². The molecule has 150 valence electrons. The highest BCUT2D eigenvalue weighted by Crippen LogP contribution is 2.25. The second kappa shape index (κ2) is 8.82. The number of nitrogens with one attached hydrogen (secondary N) is 2. The third-order valence-corrected chi connectivity index (χ3v) is 5.12. The Kier molecular flexibility index (Phi) is 6.42. The van der Waals surface area contributed by atoms with Crippen LogP contribution in [0.3, 0.4) is 0 Å². The first-order chi connectivity index (χ1) is 13.7. The van der Waals surface area contributed by atoms with Crippen molar-refractivity contribution in [3.63, 3.8) is 0 Å². The topological polar surface area (TPSA) is 88.9 Å². The molecule has 0 fully saturated rings. The van der Waals surface area contributed by atoms with Gasteiger partial charge in [-0.1, -0.05) is 46.1 Å². The summed E-state index contributed by atoms with van der Waals surface area (Å²) in [4.78, 5) is 24.8. The maximum absolute atomic E-state index is 12.5. The minimum atomic E-state index is -0.478. The van der Waals surface area contributed by atoms with Gasteiger partial charge >= 0.3 is 0 Å². The number of benzene rings is 2. The lowest BCUT2D eigenvalue weighted by Crippen LogP contribution is -2.21. The standard InChI is InChI=1S/C19H16Cl3N5O2/c1-10-3-6-16(15(22)7-10)24-17(28)9-27-11(2)18(25-26-27)19(29)23-12-4-5-13(20)14(21)8-12/h3-8H,9H2,1-2H3,(H,23,29)(H,24,28). The van der Waals surface area contributed by atoms with Gasteiger partial charge in [-0.25, -0.2) is 4.68 Å². The SMILES string of the molecule is Cc1ccc(NC(=O)Cn2nnc(C(=O)Nc3ccc(Cl)c(Cl)c3)c2C)c(Cl)c1. The van der Waals surface area contributed by atoms with Crippen molar-refractivity contribution in [2.75, 3.05) is 10.6 Å². The number of aryl methyl sites for hydroxylation is 1. The van der Waals surface area contributed by atoms with Gasteiger partial charge in [0.05, 0.1) is 26.4 Å². The fourth-order valence-corrected chi connectivity index (χ4v) is 3.11. The zero-order valence-corrected chi connectivity index (χ0v) is 17.7. The molecule has 0 unspecified atom stereocenters. The van der Waals surface area contributed by atoms with Gasteiger partial charge in [-0.15, -0.1) is 5.10 Å². The van der Waals surface area contributed by atoms with Crippen LogP contribution in [0.5, 0.6) is 0 Å². The van der Waals surface area contributed by atoms with E-state index in [1.54, 1.807) is 31.2 Å². The van der Waals surface area contributed by atoms with E-state index >= 15 is 0 Å². The molecule has 0 atom stereocenters. The Balaban J connectivity index is 1.68. The van der Waals surface area contributed by atoms with Crippen LogP contribution < -0.4 is 10.6 Å². The molecule has 0 aliphatic heterocycles. The number of aromatic nitrogens is 3. The van der Waals surface area contributed by atoms with Crippen LogP contribution in [0.2, 0.25) is 15.1 Å². The zero-order valence-electron chi connectivity index (χ0n) is 15.5. The van der Waals surface area contributed by atoms with Crippen molar-refractivity contribution in [3.05, 3.63) is 68.4 Å². The number of amides is 2. The molecule has 2 N–H and O–H groups in total. The Bertz CT molecular complexity index is 1100. The van der Waals surface area contributed by atoms with Crippen molar-refractivity contribution < 1.29 is 9.59 Å². The lowest BCUT2D eigenvalue weighted by Gasteiger charge is -2.09. The van der Waals surface area contributed by atoms with Crippen molar-refractivity contribution in [1.29, 1.82) is 0 Å². The highest BCUT2D eigenvalue weighted by Gasteiger charge is 2.18. The summed E-state index contributed by atoms with van der Waals surface area (Å²) in [7, 11) is 0. The molecule has 0 saturated carbocycles. The molecule has 3 rings (SSSR count). The molecular formula is C19H16Cl3N5O2. The van der Waals surface area contributed by atoms with E-state index in [1.165, 1.54) is 10.7 Å². The van der Waals surface area contributed by atoms with Crippen LogP contribution in [0.1, 0.15) is 21.7 Å². The van der Waals surface area contributed by atoms with Crippen molar-refractivity contribution in [1.82, 2.24) is 15.0 Å². The van der Waals surface area contributed by atoms with Gasteiger partial charge in [0.2, 0.25) is 5.91 Å². The molecule has 29 heavy (non-hydrogen) atoms. The first-order valence-corrected chi connectivity index (χ1v) is 9.60. The average molecular weight is 453 g/mol. The fourth-order valence-electron chi connectivity index (χ4n) is 2.53. The van der Waals surface area contributed by atoms with Crippen LogP contribution in [-0.2, 0) is 11.3 Å². The highest BCUT2D eigenvalue weighted by molar-refractivity contribution is 6.42. The second-order valence-corrected chi connectivity index (χ2v) is 7.52. The van der Waals surface area contributed by atoms with Gasteiger partial charge in [0, 0.05) is 5.69 Å². The average Bonchev–Trinajstić information content (AvgIpc) is 3.01. The first kappa shape index (κ1) is 21.1. The Labute approximate surface area is 181 Å². The second-order valence-electron chi connectivity index (χ2n) is 6.30. The van der Waals surface area contributed by atoms with Gasteiger partial charge in [0.15, 0.2) is 5.69 Å². The summed E-state index contributed by atoms with van der Waals surface area (Å²) in [6.07, 6.45) is 0. The van der Waals surface area contributed by atoms with Crippen LogP contribution in [0.25, 0.3) is 0 Å². The van der Waals surface area contributed by atoms with Crippen molar-refractivity contribution >= 4 is 58.0 Å². The van der Waals surface area contributed by atoms with Gasteiger partial charge in [-0.3, -0.25) is 9.59 Å². The van der Waals surface area contributed by atoms with E-state index in [0.29, 0.717) is 32.1 Å². The normalized spacial score (nSPS) is 10.7. The van der Waals surface area contributed by atoms with E-state index in [0.717, 1.165) is 5.56 Å². The van der Waals surface area contributed by atoms with Crippen LogP contribution >= 0.6 is 34.8 Å². The fraction of sp³-hybridized carbons (Fsp3) is 0.158. The summed E-state index contributed by atoms with van der Waals surface area (Å²) in [6, 6.07) is 10.0. The molecule has 0 spiro atoms. The predicted octanol–water partition coefficient (Wildman–Crippen LogP) is 4.75. The minimum absolute atomic E-state index is 0.0947. The Morgan fingerprint density at radius 1 is 0.966 bits per heavy atom. The summed E-state index contributed by atoms with van der Waals surface area (Å²) >= 11 is 18.0. The van der Waals surface area contributed by atoms with Crippen LogP contribution in [-0.4, -0.2) is 26.8 Å². The van der Waals surface area contributed by atoms with Gasteiger partial charge in [-0.05, 0) is 49.7 Å². The van der Waals surface area contributed by atoms with E-state index in [-0.39, 0.29) is 18.1 Å². The summed E-state index contributed by atoms with van der Waals surface area (Å²) in [5.74, 6) is -0.825. The number of nitrogens with zero attached hydrogens (tertiary/aromatic N) is 3. The molecule has 1 heterocycles. The molecule has 0 bridgehead atoms. The molecule has 7 nitrogen and oxygen atoms in total.